The molecule has 0 aliphatic carbocycles. The van der Waals surface area contributed by atoms with Crippen molar-refractivity contribution in [2.45, 2.75) is 33.1 Å². The van der Waals surface area contributed by atoms with Gasteiger partial charge in [-0.3, -0.25) is 4.79 Å². The number of carboxylic acid groups (broad SMARTS) is 1. The lowest BCUT2D eigenvalue weighted by Gasteiger charge is -2.12. The second-order valence-electron chi connectivity index (χ2n) is 8.14. The number of aromatic nitrogens is 2. The Hall–Kier alpha value is -3.66. The maximum Gasteiger partial charge on any atom is 0.311 e. The van der Waals surface area contributed by atoms with Crippen molar-refractivity contribution in [3.63, 3.8) is 0 Å². The number of carboxylic acids is 1. The van der Waals surface area contributed by atoms with Crippen LogP contribution in [0.15, 0.2) is 78.9 Å². The smallest absolute Gasteiger partial charge is 0.311 e. The minimum Gasteiger partial charge on any atom is -0.481 e. The Bertz CT molecular complexity index is 1140. The van der Waals surface area contributed by atoms with Crippen molar-refractivity contribution in [2.75, 3.05) is 0 Å². The lowest BCUT2D eigenvalue weighted by Crippen LogP contribution is -2.15. The van der Waals surface area contributed by atoms with Gasteiger partial charge >= 0.3 is 5.97 Å². The van der Waals surface area contributed by atoms with E-state index in [1.54, 1.807) is 0 Å². The van der Waals surface area contributed by atoms with Gasteiger partial charge in [-0.25, -0.2) is 4.68 Å². The molecule has 4 nitrogen and oxygen atoms in total. The fourth-order valence-electron chi connectivity index (χ4n) is 3.79. The molecule has 4 aromatic rings. The topological polar surface area (TPSA) is 55.1 Å². The molecule has 0 saturated heterocycles. The van der Waals surface area contributed by atoms with E-state index in [1.165, 1.54) is 11.1 Å². The summed E-state index contributed by atoms with van der Waals surface area (Å²) in [5.74, 6) is -1.49. The number of hydrogen-bond donors (Lipinski definition) is 1. The zero-order chi connectivity index (χ0) is 22.0. The van der Waals surface area contributed by atoms with E-state index in [0.717, 1.165) is 33.8 Å². The normalized spacial score (nSPS) is 12.0. The summed E-state index contributed by atoms with van der Waals surface area (Å²) < 4.78 is 1.91. The van der Waals surface area contributed by atoms with E-state index in [0.29, 0.717) is 6.42 Å². The van der Waals surface area contributed by atoms with Crippen molar-refractivity contribution < 1.29 is 9.90 Å². The Morgan fingerprint density at radius 2 is 1.52 bits per heavy atom. The molecule has 0 bridgehead atoms. The third-order valence-corrected chi connectivity index (χ3v) is 5.54. The van der Waals surface area contributed by atoms with Crippen molar-refractivity contribution in [1.29, 1.82) is 0 Å². The minimum absolute atomic E-state index is 0.330. The molecule has 1 aromatic heterocycles. The average Bonchev–Trinajstić information content (AvgIpc) is 3.17. The number of aliphatic carboxylic acids is 1. The molecule has 0 fully saturated rings. The third kappa shape index (κ3) is 4.58. The van der Waals surface area contributed by atoms with Gasteiger partial charge < -0.3 is 5.11 Å². The number of carbonyl (C=O) groups is 1. The molecule has 1 unspecified atom stereocenters. The van der Waals surface area contributed by atoms with Gasteiger partial charge in [0.1, 0.15) is 0 Å². The fraction of sp³-hybridized carbons (Fsp3) is 0.185. The van der Waals surface area contributed by atoms with E-state index in [-0.39, 0.29) is 0 Å². The van der Waals surface area contributed by atoms with Gasteiger partial charge in [0.2, 0.25) is 0 Å². The number of benzene rings is 3. The van der Waals surface area contributed by atoms with Crippen LogP contribution in [0.3, 0.4) is 0 Å². The Kier molecular flexibility index (Phi) is 5.72. The monoisotopic (exact) mass is 410 g/mol. The lowest BCUT2D eigenvalue weighted by molar-refractivity contribution is -0.138. The second-order valence-corrected chi connectivity index (χ2v) is 8.14. The van der Waals surface area contributed by atoms with E-state index in [2.05, 4.69) is 50.2 Å². The Morgan fingerprint density at radius 1 is 0.871 bits per heavy atom. The van der Waals surface area contributed by atoms with E-state index in [1.807, 2.05) is 54.1 Å². The Morgan fingerprint density at radius 3 is 2.13 bits per heavy atom. The highest BCUT2D eigenvalue weighted by molar-refractivity contribution is 5.76. The van der Waals surface area contributed by atoms with Crippen LogP contribution in [0.25, 0.3) is 16.9 Å². The predicted molar refractivity (Wildman–Crippen MR) is 124 cm³/mol. The summed E-state index contributed by atoms with van der Waals surface area (Å²) in [6, 6.07) is 26.2. The van der Waals surface area contributed by atoms with E-state index >= 15 is 0 Å². The summed E-state index contributed by atoms with van der Waals surface area (Å²) in [5.41, 5.74) is 7.93. The van der Waals surface area contributed by atoms with Crippen molar-refractivity contribution in [3.05, 3.63) is 107 Å². The highest BCUT2D eigenvalue weighted by atomic mass is 16.4. The summed E-state index contributed by atoms with van der Waals surface area (Å²) in [7, 11) is 0. The molecule has 4 heteroatoms. The number of nitrogens with zero attached hydrogens (tertiary/aromatic N) is 2. The van der Waals surface area contributed by atoms with Crippen LogP contribution in [0.5, 0.6) is 0 Å². The van der Waals surface area contributed by atoms with Crippen LogP contribution in [0, 0.1) is 20.8 Å². The molecule has 0 saturated carbocycles. The molecule has 1 atom stereocenters. The molecular formula is C27H26N2O2. The van der Waals surface area contributed by atoms with Crippen molar-refractivity contribution >= 4 is 5.97 Å². The van der Waals surface area contributed by atoms with Crippen LogP contribution in [0.1, 0.15) is 33.9 Å². The van der Waals surface area contributed by atoms with Gasteiger partial charge in [0.05, 0.1) is 23.0 Å². The molecule has 0 amide bonds. The standard InChI is InChI=1S/C27H26N2O2/c1-18-7-11-21(12-8-18)26-17-23(28-29(26)24-13-9-19(2)10-14-24)16-25(27(30)31)22-6-4-5-20(3)15-22/h4-15,17,25H,16H2,1-3H3,(H,30,31). The molecule has 0 aliphatic rings. The van der Waals surface area contributed by atoms with E-state index < -0.39 is 11.9 Å². The quantitative estimate of drug-likeness (QED) is 0.432. The SMILES string of the molecule is Cc1ccc(-c2cc(CC(C(=O)O)c3cccc(C)c3)nn2-c2ccc(C)cc2)cc1. The molecule has 0 radical (unpaired) electrons. The maximum atomic E-state index is 12.1. The lowest BCUT2D eigenvalue weighted by atomic mass is 9.93. The number of hydrogen-bond acceptors (Lipinski definition) is 2. The Labute approximate surface area is 182 Å². The maximum absolute atomic E-state index is 12.1. The van der Waals surface area contributed by atoms with Gasteiger partial charge in [0, 0.05) is 12.0 Å². The first-order chi connectivity index (χ1) is 14.9. The van der Waals surface area contributed by atoms with Gasteiger partial charge in [-0.1, -0.05) is 77.4 Å². The van der Waals surface area contributed by atoms with Gasteiger partial charge in [0.15, 0.2) is 0 Å². The van der Waals surface area contributed by atoms with Crippen LogP contribution in [-0.4, -0.2) is 20.9 Å². The molecule has 1 heterocycles. The highest BCUT2D eigenvalue weighted by Gasteiger charge is 2.23. The summed E-state index contributed by atoms with van der Waals surface area (Å²) in [6.07, 6.45) is 0.330. The van der Waals surface area contributed by atoms with Crippen molar-refractivity contribution in [2.24, 2.45) is 0 Å². The predicted octanol–water partition coefficient (Wildman–Crippen LogP) is 5.88. The Balaban J connectivity index is 1.77. The molecule has 1 N–H and O–H groups in total. The summed E-state index contributed by atoms with van der Waals surface area (Å²) >= 11 is 0. The average molecular weight is 411 g/mol. The molecular weight excluding hydrogens is 384 g/mol. The summed E-state index contributed by atoms with van der Waals surface area (Å²) in [4.78, 5) is 12.1. The van der Waals surface area contributed by atoms with Gasteiger partial charge in [-0.15, -0.1) is 0 Å². The first kappa shape index (κ1) is 20.6. The minimum atomic E-state index is -0.840. The van der Waals surface area contributed by atoms with Gasteiger partial charge in [-0.05, 0) is 44.5 Å². The molecule has 31 heavy (non-hydrogen) atoms. The second kappa shape index (κ2) is 8.60. The zero-order valence-corrected chi connectivity index (χ0v) is 18.0. The molecule has 4 rings (SSSR count). The van der Waals surface area contributed by atoms with Crippen LogP contribution in [-0.2, 0) is 11.2 Å². The third-order valence-electron chi connectivity index (χ3n) is 5.54. The highest BCUT2D eigenvalue weighted by Crippen LogP contribution is 2.28. The van der Waals surface area contributed by atoms with E-state index in [9.17, 15) is 9.90 Å². The van der Waals surface area contributed by atoms with Crippen LogP contribution in [0.2, 0.25) is 0 Å². The van der Waals surface area contributed by atoms with Crippen molar-refractivity contribution in [3.8, 4) is 16.9 Å². The van der Waals surface area contributed by atoms with Crippen LogP contribution < -0.4 is 0 Å². The summed E-state index contributed by atoms with van der Waals surface area (Å²) in [6.45, 7) is 6.09. The van der Waals surface area contributed by atoms with Crippen LogP contribution in [0.4, 0.5) is 0 Å². The van der Waals surface area contributed by atoms with Crippen LogP contribution >= 0.6 is 0 Å². The molecule has 0 aliphatic heterocycles. The van der Waals surface area contributed by atoms with Crippen molar-refractivity contribution in [1.82, 2.24) is 9.78 Å². The molecule has 0 spiro atoms. The van der Waals surface area contributed by atoms with Gasteiger partial charge in [0.25, 0.3) is 0 Å². The summed E-state index contributed by atoms with van der Waals surface area (Å²) in [5, 5.41) is 14.7. The largest absolute Gasteiger partial charge is 0.481 e. The fourth-order valence-corrected chi connectivity index (χ4v) is 3.79. The molecule has 156 valence electrons. The number of rotatable bonds is 6. The molecule has 3 aromatic carbocycles. The number of aryl methyl sites for hydroxylation is 3. The first-order valence-electron chi connectivity index (χ1n) is 10.4. The zero-order valence-electron chi connectivity index (χ0n) is 18.0. The first-order valence-corrected chi connectivity index (χ1v) is 10.4. The van der Waals surface area contributed by atoms with E-state index in [4.69, 9.17) is 5.10 Å². The van der Waals surface area contributed by atoms with Gasteiger partial charge in [-0.2, -0.15) is 5.10 Å².